The lowest BCUT2D eigenvalue weighted by Crippen LogP contribution is -2.37. The molecule has 3 nitrogen and oxygen atoms in total. The Labute approximate surface area is 65.9 Å². The number of hydrogen-bond donors (Lipinski definition) is 2. The molecular formula is C8H13NO2. The Kier molecular flexibility index (Phi) is 2.65. The van der Waals surface area contributed by atoms with Crippen LogP contribution < -0.4 is 5.73 Å². The van der Waals surface area contributed by atoms with Gasteiger partial charge in [-0.05, 0) is 19.3 Å². The summed E-state index contributed by atoms with van der Waals surface area (Å²) in [5.41, 5.74) is 5.44. The topological polar surface area (TPSA) is 63.3 Å². The minimum atomic E-state index is -0.901. The molecular weight excluding hydrogens is 142 g/mol. The van der Waals surface area contributed by atoms with Crippen molar-refractivity contribution in [3.63, 3.8) is 0 Å². The third-order valence-electron chi connectivity index (χ3n) is 2.04. The predicted molar refractivity (Wildman–Crippen MR) is 42.1 cm³/mol. The summed E-state index contributed by atoms with van der Waals surface area (Å²) in [5.74, 6) is -0.859. The summed E-state index contributed by atoms with van der Waals surface area (Å²) in [7, 11) is 0. The molecule has 0 heterocycles. The van der Waals surface area contributed by atoms with E-state index in [0.717, 1.165) is 19.3 Å². The van der Waals surface area contributed by atoms with Gasteiger partial charge in [-0.2, -0.15) is 0 Å². The number of carbonyl (C=O) groups is 1. The molecule has 1 aliphatic rings. The molecule has 62 valence electrons. The molecule has 0 aromatic heterocycles. The van der Waals surface area contributed by atoms with Crippen LogP contribution in [0.25, 0.3) is 0 Å². The number of nitrogens with two attached hydrogens (primary N) is 1. The Hall–Kier alpha value is -0.830. The molecule has 0 fully saturated rings. The first-order valence-electron chi connectivity index (χ1n) is 3.87. The van der Waals surface area contributed by atoms with Gasteiger partial charge in [0, 0.05) is 5.92 Å². The maximum absolute atomic E-state index is 10.4. The van der Waals surface area contributed by atoms with Gasteiger partial charge in [-0.3, -0.25) is 4.79 Å². The van der Waals surface area contributed by atoms with Gasteiger partial charge in [-0.1, -0.05) is 12.2 Å². The van der Waals surface area contributed by atoms with E-state index in [2.05, 4.69) is 0 Å². The summed E-state index contributed by atoms with van der Waals surface area (Å²) in [6.45, 7) is 0. The van der Waals surface area contributed by atoms with E-state index in [0.29, 0.717) is 0 Å². The molecule has 0 saturated heterocycles. The molecule has 0 spiro atoms. The zero-order chi connectivity index (χ0) is 8.27. The number of hydrogen-bond acceptors (Lipinski definition) is 2. The fourth-order valence-corrected chi connectivity index (χ4v) is 1.32. The fraction of sp³-hybridized carbons (Fsp3) is 0.625. The SMILES string of the molecule is N[C@@H](C(=O)O)[C@H]1C=CCCC1. The van der Waals surface area contributed by atoms with Crippen LogP contribution in [0.5, 0.6) is 0 Å². The van der Waals surface area contributed by atoms with Gasteiger partial charge in [-0.15, -0.1) is 0 Å². The van der Waals surface area contributed by atoms with Gasteiger partial charge in [0.25, 0.3) is 0 Å². The van der Waals surface area contributed by atoms with Crippen LogP contribution in [0.3, 0.4) is 0 Å². The van der Waals surface area contributed by atoms with Crippen LogP contribution in [0, 0.1) is 5.92 Å². The van der Waals surface area contributed by atoms with Crippen molar-refractivity contribution >= 4 is 5.97 Å². The first kappa shape index (κ1) is 8.27. The molecule has 3 heteroatoms. The zero-order valence-corrected chi connectivity index (χ0v) is 6.36. The van der Waals surface area contributed by atoms with Gasteiger partial charge in [0.2, 0.25) is 0 Å². The Morgan fingerprint density at radius 1 is 1.73 bits per heavy atom. The van der Waals surface area contributed by atoms with Crippen LogP contribution in [0.1, 0.15) is 19.3 Å². The zero-order valence-electron chi connectivity index (χ0n) is 6.36. The first-order chi connectivity index (χ1) is 5.22. The number of carboxylic acids is 1. The minimum absolute atomic E-state index is 0.0428. The van der Waals surface area contributed by atoms with Crippen molar-refractivity contribution in [2.24, 2.45) is 11.7 Å². The lowest BCUT2D eigenvalue weighted by molar-refractivity contribution is -0.139. The van der Waals surface area contributed by atoms with Crippen molar-refractivity contribution in [1.82, 2.24) is 0 Å². The third-order valence-corrected chi connectivity index (χ3v) is 2.04. The normalized spacial score (nSPS) is 26.5. The molecule has 0 bridgehead atoms. The quantitative estimate of drug-likeness (QED) is 0.578. The fourth-order valence-electron chi connectivity index (χ4n) is 1.32. The second-order valence-corrected chi connectivity index (χ2v) is 2.89. The largest absolute Gasteiger partial charge is 0.480 e. The number of rotatable bonds is 2. The molecule has 1 aliphatic carbocycles. The van der Waals surface area contributed by atoms with Crippen molar-refractivity contribution in [3.8, 4) is 0 Å². The molecule has 0 aliphatic heterocycles. The first-order valence-corrected chi connectivity index (χ1v) is 3.87. The Balaban J connectivity index is 2.52. The second kappa shape index (κ2) is 3.53. The maximum atomic E-state index is 10.4. The second-order valence-electron chi connectivity index (χ2n) is 2.89. The van der Waals surface area contributed by atoms with Gasteiger partial charge in [0.1, 0.15) is 6.04 Å². The van der Waals surface area contributed by atoms with Crippen LogP contribution in [0.2, 0.25) is 0 Å². The minimum Gasteiger partial charge on any atom is -0.480 e. The van der Waals surface area contributed by atoms with E-state index in [4.69, 9.17) is 10.8 Å². The van der Waals surface area contributed by atoms with Crippen molar-refractivity contribution < 1.29 is 9.90 Å². The summed E-state index contributed by atoms with van der Waals surface area (Å²) in [6.07, 6.45) is 6.95. The number of carboxylic acid groups (broad SMARTS) is 1. The standard InChI is InChI=1S/C8H13NO2/c9-7(8(10)11)6-4-2-1-3-5-6/h2,4,6-7H,1,3,5,9H2,(H,10,11)/t6-,7+/m0/s1. The van der Waals surface area contributed by atoms with E-state index >= 15 is 0 Å². The van der Waals surface area contributed by atoms with Gasteiger partial charge in [-0.25, -0.2) is 0 Å². The Bertz CT molecular complexity index is 177. The van der Waals surface area contributed by atoms with Gasteiger partial charge >= 0.3 is 5.97 Å². The van der Waals surface area contributed by atoms with Gasteiger partial charge in [0.15, 0.2) is 0 Å². The highest BCUT2D eigenvalue weighted by Crippen LogP contribution is 2.19. The molecule has 0 aromatic rings. The molecule has 0 unspecified atom stereocenters. The lowest BCUT2D eigenvalue weighted by Gasteiger charge is -2.19. The van der Waals surface area contributed by atoms with Crippen LogP contribution >= 0.6 is 0 Å². The predicted octanol–water partition coefficient (Wildman–Crippen LogP) is 0.755. The van der Waals surface area contributed by atoms with E-state index in [1.807, 2.05) is 12.2 Å². The smallest absolute Gasteiger partial charge is 0.321 e. The lowest BCUT2D eigenvalue weighted by atomic mass is 9.90. The average Bonchev–Trinajstić information content (AvgIpc) is 2.05. The molecule has 0 amide bonds. The monoisotopic (exact) mass is 155 g/mol. The number of allylic oxidation sites excluding steroid dienone is 1. The van der Waals surface area contributed by atoms with Crippen LogP contribution in [0.4, 0.5) is 0 Å². The highest BCUT2D eigenvalue weighted by atomic mass is 16.4. The van der Waals surface area contributed by atoms with E-state index in [9.17, 15) is 4.79 Å². The summed E-state index contributed by atoms with van der Waals surface area (Å²) in [6, 6.07) is -0.716. The van der Waals surface area contributed by atoms with Crippen LogP contribution in [-0.4, -0.2) is 17.1 Å². The number of aliphatic carboxylic acids is 1. The average molecular weight is 155 g/mol. The summed E-state index contributed by atoms with van der Waals surface area (Å²) < 4.78 is 0. The molecule has 2 atom stereocenters. The van der Waals surface area contributed by atoms with Crippen molar-refractivity contribution in [2.75, 3.05) is 0 Å². The molecule has 1 rings (SSSR count). The third kappa shape index (κ3) is 2.05. The van der Waals surface area contributed by atoms with Crippen molar-refractivity contribution in [1.29, 1.82) is 0 Å². The molecule has 3 N–H and O–H groups in total. The molecule has 0 saturated carbocycles. The highest BCUT2D eigenvalue weighted by Gasteiger charge is 2.22. The Morgan fingerprint density at radius 2 is 2.45 bits per heavy atom. The van der Waals surface area contributed by atoms with E-state index in [-0.39, 0.29) is 5.92 Å². The highest BCUT2D eigenvalue weighted by molar-refractivity contribution is 5.73. The van der Waals surface area contributed by atoms with E-state index in [1.165, 1.54) is 0 Å². The summed E-state index contributed by atoms with van der Waals surface area (Å²) in [4.78, 5) is 10.4. The Morgan fingerprint density at radius 3 is 2.91 bits per heavy atom. The van der Waals surface area contributed by atoms with Crippen molar-refractivity contribution in [3.05, 3.63) is 12.2 Å². The van der Waals surface area contributed by atoms with E-state index < -0.39 is 12.0 Å². The van der Waals surface area contributed by atoms with Gasteiger partial charge in [0.05, 0.1) is 0 Å². The van der Waals surface area contributed by atoms with Crippen molar-refractivity contribution in [2.45, 2.75) is 25.3 Å². The summed E-state index contributed by atoms with van der Waals surface area (Å²) in [5, 5.41) is 8.58. The summed E-state index contributed by atoms with van der Waals surface area (Å²) >= 11 is 0. The van der Waals surface area contributed by atoms with Gasteiger partial charge < -0.3 is 10.8 Å². The van der Waals surface area contributed by atoms with E-state index in [1.54, 1.807) is 0 Å². The maximum Gasteiger partial charge on any atom is 0.321 e. The van der Waals surface area contributed by atoms with Crippen LogP contribution in [0.15, 0.2) is 12.2 Å². The molecule has 0 radical (unpaired) electrons. The molecule has 11 heavy (non-hydrogen) atoms. The van der Waals surface area contributed by atoms with Crippen LogP contribution in [-0.2, 0) is 4.79 Å². The molecule has 0 aromatic carbocycles.